The molecule has 2 heteroatoms. The van der Waals surface area contributed by atoms with Gasteiger partial charge in [0.2, 0.25) is 8.32 Å². The van der Waals surface area contributed by atoms with Gasteiger partial charge in [0.05, 0.1) is 0 Å². The van der Waals surface area contributed by atoms with Crippen LogP contribution in [0.15, 0.2) is 66.7 Å². The Morgan fingerprint density at radius 2 is 1.45 bits per heavy atom. The summed E-state index contributed by atoms with van der Waals surface area (Å²) in [4.78, 5) is 0. The molecule has 0 atom stereocenters. The topological polar surface area (TPSA) is 9.23 Å². The van der Waals surface area contributed by atoms with Crippen molar-refractivity contribution in [3.63, 3.8) is 0 Å². The molecule has 2 aromatic carbocycles. The van der Waals surface area contributed by atoms with E-state index in [1.54, 1.807) is 0 Å². The van der Waals surface area contributed by atoms with Crippen molar-refractivity contribution in [3.8, 4) is 0 Å². The third kappa shape index (κ3) is 4.70. The van der Waals surface area contributed by atoms with Gasteiger partial charge >= 0.3 is 0 Å². The fraction of sp³-hybridized carbons (Fsp3) is 0.222. The van der Waals surface area contributed by atoms with E-state index in [9.17, 15) is 0 Å². The summed E-state index contributed by atoms with van der Waals surface area (Å²) in [6, 6.07) is 20.8. The van der Waals surface area contributed by atoms with Crippen molar-refractivity contribution in [2.75, 3.05) is 0 Å². The lowest BCUT2D eigenvalue weighted by Gasteiger charge is -2.22. The number of rotatable bonds is 5. The largest absolute Gasteiger partial charge is 0.544 e. The first-order chi connectivity index (χ1) is 9.54. The molecule has 2 rings (SSSR count). The Morgan fingerprint density at radius 3 is 2.00 bits per heavy atom. The monoisotopic (exact) mass is 282 g/mol. The van der Waals surface area contributed by atoms with Crippen LogP contribution >= 0.6 is 0 Å². The molecule has 0 spiro atoms. The molecule has 0 N–H and O–H groups in total. The van der Waals surface area contributed by atoms with Gasteiger partial charge in [-0.05, 0) is 37.7 Å². The normalized spacial score (nSPS) is 12.2. The summed E-state index contributed by atoms with van der Waals surface area (Å²) in [5, 5.41) is 0. The minimum Gasteiger partial charge on any atom is -0.544 e. The fourth-order valence-electron chi connectivity index (χ4n) is 1.98. The maximum atomic E-state index is 6.25. The third-order valence-corrected chi connectivity index (χ3v) is 3.67. The van der Waals surface area contributed by atoms with Crippen molar-refractivity contribution in [1.82, 2.24) is 0 Å². The molecule has 0 radical (unpaired) electrons. The molecule has 0 bridgehead atoms. The lowest BCUT2D eigenvalue weighted by molar-refractivity contribution is 0.513. The molecule has 0 saturated heterocycles. The van der Waals surface area contributed by atoms with Gasteiger partial charge in [0.25, 0.3) is 0 Å². The second-order valence-electron chi connectivity index (χ2n) is 5.84. The van der Waals surface area contributed by atoms with E-state index in [-0.39, 0.29) is 0 Å². The van der Waals surface area contributed by atoms with Crippen molar-refractivity contribution >= 4 is 14.1 Å². The Kier molecular flexibility index (Phi) is 4.80. The molecular formula is C18H22OSi. The third-order valence-electron chi connectivity index (χ3n) is 2.84. The van der Waals surface area contributed by atoms with Crippen LogP contribution in [-0.4, -0.2) is 8.32 Å². The first-order valence-electron chi connectivity index (χ1n) is 7.03. The zero-order valence-electron chi connectivity index (χ0n) is 12.5. The number of allylic oxidation sites excluding steroid dienone is 1. The van der Waals surface area contributed by atoms with Crippen LogP contribution in [0.5, 0.6) is 0 Å². The molecule has 0 aliphatic rings. The highest BCUT2D eigenvalue weighted by molar-refractivity contribution is 6.70. The highest BCUT2D eigenvalue weighted by Gasteiger charge is 2.18. The Labute approximate surface area is 123 Å². The number of hydrogen-bond donors (Lipinski definition) is 0. The maximum absolute atomic E-state index is 6.25. The van der Waals surface area contributed by atoms with E-state index in [0.29, 0.717) is 0 Å². The second kappa shape index (κ2) is 6.57. The summed E-state index contributed by atoms with van der Waals surface area (Å²) in [5.74, 6) is 1.01. The van der Waals surface area contributed by atoms with Gasteiger partial charge in [-0.3, -0.25) is 0 Å². The van der Waals surface area contributed by atoms with Gasteiger partial charge in [-0.25, -0.2) is 0 Å². The number of benzene rings is 2. The fourth-order valence-corrected chi connectivity index (χ4v) is 2.84. The summed E-state index contributed by atoms with van der Waals surface area (Å²) < 4.78 is 6.25. The average Bonchev–Trinajstić information content (AvgIpc) is 2.44. The molecule has 0 fully saturated rings. The molecule has 0 aliphatic heterocycles. The predicted molar refractivity (Wildman–Crippen MR) is 89.0 cm³/mol. The first kappa shape index (κ1) is 14.6. The van der Waals surface area contributed by atoms with E-state index in [0.717, 1.165) is 17.7 Å². The zero-order valence-corrected chi connectivity index (χ0v) is 13.5. The predicted octanol–water partition coefficient (Wildman–Crippen LogP) is 5.12. The van der Waals surface area contributed by atoms with Gasteiger partial charge in [-0.15, -0.1) is 0 Å². The summed E-state index contributed by atoms with van der Waals surface area (Å²) in [7, 11) is -1.61. The second-order valence-corrected chi connectivity index (χ2v) is 10.3. The molecule has 0 aromatic heterocycles. The van der Waals surface area contributed by atoms with Crippen LogP contribution in [0.25, 0.3) is 5.76 Å². The molecule has 20 heavy (non-hydrogen) atoms. The molecule has 0 amide bonds. The molecular weight excluding hydrogens is 260 g/mol. The Bertz CT molecular complexity index is 553. The molecule has 2 aromatic rings. The number of hydrogen-bond acceptors (Lipinski definition) is 1. The Balaban J connectivity index is 2.22. The molecule has 0 heterocycles. The zero-order chi connectivity index (χ0) is 14.4. The van der Waals surface area contributed by atoms with Crippen molar-refractivity contribution in [2.24, 2.45) is 0 Å². The minimum absolute atomic E-state index is 0.898. The van der Waals surface area contributed by atoms with Gasteiger partial charge in [0.1, 0.15) is 5.76 Å². The average molecular weight is 282 g/mol. The lowest BCUT2D eigenvalue weighted by atomic mass is 10.1. The van der Waals surface area contributed by atoms with E-state index in [2.05, 4.69) is 74.2 Å². The maximum Gasteiger partial charge on any atom is 0.242 e. The first-order valence-corrected chi connectivity index (χ1v) is 10.4. The van der Waals surface area contributed by atoms with Crippen LogP contribution < -0.4 is 0 Å². The van der Waals surface area contributed by atoms with Crippen LogP contribution in [0.3, 0.4) is 0 Å². The summed E-state index contributed by atoms with van der Waals surface area (Å²) >= 11 is 0. The Morgan fingerprint density at radius 1 is 0.900 bits per heavy atom. The lowest BCUT2D eigenvalue weighted by Crippen LogP contribution is -2.24. The Hall–Kier alpha value is -1.80. The summed E-state index contributed by atoms with van der Waals surface area (Å²) in [5.41, 5.74) is 2.46. The standard InChI is InChI=1S/C18H22OSi/c1-20(2,3)19-18(17-12-8-5-9-13-17)15-14-16-10-6-4-7-11-16/h4-13,15H,14H2,1-3H3. The molecule has 1 nitrogen and oxygen atoms in total. The smallest absolute Gasteiger partial charge is 0.242 e. The van der Waals surface area contributed by atoms with Crippen LogP contribution in [0.4, 0.5) is 0 Å². The van der Waals surface area contributed by atoms with E-state index in [4.69, 9.17) is 4.43 Å². The SMILES string of the molecule is C[Si](C)(C)OC(=CCc1ccccc1)c1ccccc1. The van der Waals surface area contributed by atoms with Crippen LogP contribution in [0, 0.1) is 0 Å². The highest BCUT2D eigenvalue weighted by atomic mass is 28.4. The van der Waals surface area contributed by atoms with Crippen LogP contribution in [-0.2, 0) is 10.8 Å². The van der Waals surface area contributed by atoms with E-state index in [1.807, 2.05) is 12.1 Å². The van der Waals surface area contributed by atoms with Gasteiger partial charge in [-0.1, -0.05) is 60.7 Å². The van der Waals surface area contributed by atoms with Crippen LogP contribution in [0.2, 0.25) is 19.6 Å². The molecule has 0 unspecified atom stereocenters. The van der Waals surface area contributed by atoms with E-state index < -0.39 is 8.32 Å². The molecule has 0 aliphatic carbocycles. The highest BCUT2D eigenvalue weighted by Crippen LogP contribution is 2.21. The van der Waals surface area contributed by atoms with Crippen molar-refractivity contribution < 1.29 is 4.43 Å². The van der Waals surface area contributed by atoms with E-state index >= 15 is 0 Å². The summed E-state index contributed by atoms with van der Waals surface area (Å²) in [6.07, 6.45) is 3.10. The quantitative estimate of drug-likeness (QED) is 0.546. The van der Waals surface area contributed by atoms with Crippen molar-refractivity contribution in [2.45, 2.75) is 26.1 Å². The molecule has 0 saturated carbocycles. The summed E-state index contributed by atoms with van der Waals surface area (Å²) in [6.45, 7) is 6.64. The van der Waals surface area contributed by atoms with Gasteiger partial charge < -0.3 is 4.43 Å². The van der Waals surface area contributed by atoms with Gasteiger partial charge in [0.15, 0.2) is 0 Å². The van der Waals surface area contributed by atoms with Crippen molar-refractivity contribution in [3.05, 3.63) is 77.9 Å². The molecule has 104 valence electrons. The van der Waals surface area contributed by atoms with E-state index in [1.165, 1.54) is 5.56 Å². The van der Waals surface area contributed by atoms with Crippen molar-refractivity contribution in [1.29, 1.82) is 0 Å². The van der Waals surface area contributed by atoms with Gasteiger partial charge in [-0.2, -0.15) is 0 Å². The minimum atomic E-state index is -1.61. The van der Waals surface area contributed by atoms with Crippen LogP contribution in [0.1, 0.15) is 11.1 Å². The van der Waals surface area contributed by atoms with Gasteiger partial charge in [0, 0.05) is 5.56 Å².